The van der Waals surface area contributed by atoms with Crippen molar-refractivity contribution in [2.24, 2.45) is 29.6 Å². The highest BCUT2D eigenvalue weighted by Crippen LogP contribution is 2.59. The monoisotopic (exact) mass is 425 g/mol. The molecular formula is C26H23N3O3. The Morgan fingerprint density at radius 3 is 2.28 bits per heavy atom. The summed E-state index contributed by atoms with van der Waals surface area (Å²) in [4.78, 5) is 44.8. The lowest BCUT2D eigenvalue weighted by Gasteiger charge is -2.20. The Labute approximate surface area is 185 Å². The van der Waals surface area contributed by atoms with E-state index < -0.39 is 0 Å². The molecule has 3 fully saturated rings. The maximum Gasteiger partial charge on any atom is 0.255 e. The number of hydrogen-bond donors (Lipinski definition) is 1. The molecule has 3 amide bonds. The van der Waals surface area contributed by atoms with Gasteiger partial charge in [-0.1, -0.05) is 25.1 Å². The number of carbonyl (C=O) groups is 3. The number of aromatic nitrogens is 1. The smallest absolute Gasteiger partial charge is 0.255 e. The Bertz CT molecular complexity index is 1230. The van der Waals surface area contributed by atoms with Crippen molar-refractivity contribution in [1.29, 1.82) is 0 Å². The van der Waals surface area contributed by atoms with Crippen LogP contribution in [-0.2, 0) is 9.59 Å². The molecular weight excluding hydrogens is 402 g/mol. The van der Waals surface area contributed by atoms with Crippen LogP contribution in [0, 0.1) is 29.6 Å². The van der Waals surface area contributed by atoms with Crippen molar-refractivity contribution >= 4 is 40.0 Å². The molecule has 3 aromatic rings. The molecule has 0 spiro atoms. The second-order valence-corrected chi connectivity index (χ2v) is 9.21. The number of hydrogen-bond acceptors (Lipinski definition) is 4. The predicted octanol–water partition coefficient (Wildman–Crippen LogP) is 4.27. The molecule has 2 heterocycles. The minimum absolute atomic E-state index is 0.0712. The van der Waals surface area contributed by atoms with Crippen molar-refractivity contribution in [1.82, 2.24) is 4.98 Å². The van der Waals surface area contributed by atoms with Crippen LogP contribution in [0.4, 0.5) is 11.4 Å². The number of pyridine rings is 1. The van der Waals surface area contributed by atoms with E-state index in [-0.39, 0.29) is 29.6 Å². The lowest BCUT2D eigenvalue weighted by molar-refractivity contribution is -0.123. The first-order chi connectivity index (χ1) is 15.5. The molecule has 1 aromatic heterocycles. The molecule has 1 aliphatic heterocycles. The summed E-state index contributed by atoms with van der Waals surface area (Å²) < 4.78 is 0. The second-order valence-electron chi connectivity index (χ2n) is 9.21. The molecule has 1 N–H and O–H groups in total. The fourth-order valence-electron chi connectivity index (χ4n) is 6.27. The predicted molar refractivity (Wildman–Crippen MR) is 121 cm³/mol. The number of amides is 3. The summed E-state index contributed by atoms with van der Waals surface area (Å²) in [6.07, 6.45) is 3.78. The van der Waals surface area contributed by atoms with Crippen molar-refractivity contribution < 1.29 is 14.4 Å². The SMILES string of the molecule is CC1[C@H]2CC[C@@H]1[C@@H]1C(=O)N(c3ccc(C(=O)Nc4cccc5cccnc45)cc3)C(=O)[C@@H]12. The first-order valence-corrected chi connectivity index (χ1v) is 11.2. The lowest BCUT2D eigenvalue weighted by atomic mass is 9.81. The highest BCUT2D eigenvalue weighted by molar-refractivity contribution is 6.22. The Morgan fingerprint density at radius 2 is 1.59 bits per heavy atom. The van der Waals surface area contributed by atoms with Gasteiger partial charge in [0.15, 0.2) is 0 Å². The zero-order valence-electron chi connectivity index (χ0n) is 17.7. The average Bonchev–Trinajstić information content (AvgIpc) is 3.41. The molecule has 32 heavy (non-hydrogen) atoms. The average molecular weight is 425 g/mol. The number of nitrogens with one attached hydrogen (secondary N) is 1. The standard InChI is InChI=1S/C26H23N3O3/c1-14-18-11-12-19(14)22-21(18)25(31)29(26(22)32)17-9-7-16(8-10-17)24(30)28-20-6-2-4-15-5-3-13-27-23(15)20/h2-10,13-14,18-19,21-22H,11-12H2,1H3,(H,28,30)/t14?,18-,19+,21-,22+. The fourth-order valence-corrected chi connectivity index (χ4v) is 6.27. The largest absolute Gasteiger partial charge is 0.320 e. The molecule has 2 aliphatic carbocycles. The van der Waals surface area contributed by atoms with E-state index in [9.17, 15) is 14.4 Å². The molecule has 2 saturated carbocycles. The molecule has 1 saturated heterocycles. The lowest BCUT2D eigenvalue weighted by Crippen LogP contribution is -2.33. The number of carbonyl (C=O) groups excluding carboxylic acids is 3. The number of nitrogens with zero attached hydrogens (tertiary/aromatic N) is 2. The van der Waals surface area contributed by atoms with Gasteiger partial charge in [0.2, 0.25) is 11.8 Å². The summed E-state index contributed by atoms with van der Waals surface area (Å²) in [5, 5.41) is 3.86. The third-order valence-electron chi connectivity index (χ3n) is 7.77. The van der Waals surface area contributed by atoms with E-state index in [0.29, 0.717) is 34.7 Å². The molecule has 160 valence electrons. The van der Waals surface area contributed by atoms with E-state index in [1.807, 2.05) is 30.3 Å². The Morgan fingerprint density at radius 1 is 0.938 bits per heavy atom. The first kappa shape index (κ1) is 19.2. The van der Waals surface area contributed by atoms with Gasteiger partial charge in [0.25, 0.3) is 5.91 Å². The zero-order valence-corrected chi connectivity index (χ0v) is 17.7. The van der Waals surface area contributed by atoms with E-state index >= 15 is 0 Å². The molecule has 6 rings (SSSR count). The van der Waals surface area contributed by atoms with Crippen molar-refractivity contribution in [3.8, 4) is 0 Å². The van der Waals surface area contributed by atoms with Crippen molar-refractivity contribution in [3.63, 3.8) is 0 Å². The molecule has 2 aromatic carbocycles. The Kier molecular flexibility index (Phi) is 4.18. The van der Waals surface area contributed by atoms with Gasteiger partial charge in [-0.15, -0.1) is 0 Å². The van der Waals surface area contributed by atoms with E-state index in [0.717, 1.165) is 23.7 Å². The summed E-state index contributed by atoms with van der Waals surface area (Å²) >= 11 is 0. The van der Waals surface area contributed by atoms with Gasteiger partial charge in [-0.3, -0.25) is 24.3 Å². The van der Waals surface area contributed by atoms with Gasteiger partial charge in [0.05, 0.1) is 28.7 Å². The van der Waals surface area contributed by atoms with Gasteiger partial charge in [0.1, 0.15) is 0 Å². The number of rotatable bonds is 3. The van der Waals surface area contributed by atoms with Gasteiger partial charge in [-0.25, -0.2) is 0 Å². The van der Waals surface area contributed by atoms with E-state index in [1.165, 1.54) is 4.90 Å². The first-order valence-electron chi connectivity index (χ1n) is 11.2. The summed E-state index contributed by atoms with van der Waals surface area (Å²) in [5.41, 5.74) is 2.36. The van der Waals surface area contributed by atoms with Crippen LogP contribution < -0.4 is 10.2 Å². The van der Waals surface area contributed by atoms with Crippen LogP contribution in [0.25, 0.3) is 10.9 Å². The molecule has 6 heteroatoms. The number of anilines is 2. The Balaban J connectivity index is 1.23. The molecule has 2 bridgehead atoms. The highest BCUT2D eigenvalue weighted by Gasteiger charge is 2.64. The third-order valence-corrected chi connectivity index (χ3v) is 7.77. The molecule has 6 nitrogen and oxygen atoms in total. The van der Waals surface area contributed by atoms with Crippen LogP contribution in [0.15, 0.2) is 60.8 Å². The van der Waals surface area contributed by atoms with Crippen LogP contribution >= 0.6 is 0 Å². The molecule has 0 radical (unpaired) electrons. The maximum absolute atomic E-state index is 13.1. The summed E-state index contributed by atoms with van der Waals surface area (Å²) in [6, 6.07) is 16.1. The van der Waals surface area contributed by atoms with Crippen LogP contribution in [0.3, 0.4) is 0 Å². The van der Waals surface area contributed by atoms with Gasteiger partial charge >= 0.3 is 0 Å². The van der Waals surface area contributed by atoms with Crippen LogP contribution in [0.2, 0.25) is 0 Å². The van der Waals surface area contributed by atoms with Gasteiger partial charge < -0.3 is 5.32 Å². The highest BCUT2D eigenvalue weighted by atomic mass is 16.2. The minimum atomic E-state index is -0.266. The molecule has 3 aliphatic rings. The number of imide groups is 1. The summed E-state index contributed by atoms with van der Waals surface area (Å²) in [6.45, 7) is 2.18. The number of para-hydroxylation sites is 1. The maximum atomic E-state index is 13.1. The van der Waals surface area contributed by atoms with Crippen LogP contribution in [0.5, 0.6) is 0 Å². The quantitative estimate of drug-likeness (QED) is 0.636. The van der Waals surface area contributed by atoms with Crippen molar-refractivity contribution in [2.45, 2.75) is 19.8 Å². The van der Waals surface area contributed by atoms with E-state index in [1.54, 1.807) is 30.5 Å². The Hall–Kier alpha value is -3.54. The number of fused-ring (bicyclic) bond motifs is 6. The number of benzene rings is 2. The third kappa shape index (κ3) is 2.65. The van der Waals surface area contributed by atoms with Crippen LogP contribution in [-0.4, -0.2) is 22.7 Å². The van der Waals surface area contributed by atoms with E-state index in [2.05, 4.69) is 17.2 Å². The molecule has 5 atom stereocenters. The normalized spacial score (nSPS) is 28.4. The minimum Gasteiger partial charge on any atom is -0.320 e. The summed E-state index contributed by atoms with van der Waals surface area (Å²) in [5.74, 6) is 0.358. The molecule has 1 unspecified atom stereocenters. The van der Waals surface area contributed by atoms with Crippen molar-refractivity contribution in [2.75, 3.05) is 10.2 Å². The zero-order chi connectivity index (χ0) is 22.0. The topological polar surface area (TPSA) is 79.4 Å². The van der Waals surface area contributed by atoms with Gasteiger partial charge in [-0.2, -0.15) is 0 Å². The van der Waals surface area contributed by atoms with Crippen molar-refractivity contribution in [3.05, 3.63) is 66.4 Å². The summed E-state index contributed by atoms with van der Waals surface area (Å²) in [7, 11) is 0. The van der Waals surface area contributed by atoms with Gasteiger partial charge in [-0.05, 0) is 67.0 Å². The van der Waals surface area contributed by atoms with Gasteiger partial charge in [0, 0.05) is 17.1 Å². The van der Waals surface area contributed by atoms with Crippen LogP contribution in [0.1, 0.15) is 30.1 Å². The van der Waals surface area contributed by atoms with E-state index in [4.69, 9.17) is 0 Å². The second kappa shape index (κ2) is 6.99. The fraction of sp³-hybridized carbons (Fsp3) is 0.308.